The fourth-order valence-electron chi connectivity index (χ4n) is 3.04. The third-order valence-electron chi connectivity index (χ3n) is 4.93. The van der Waals surface area contributed by atoms with Crippen LogP contribution in [0, 0.1) is 6.92 Å². The quantitative estimate of drug-likeness (QED) is 0.850. The number of imidazole rings is 1. The topological polar surface area (TPSA) is 67.2 Å². The molecule has 3 rings (SSSR count). The van der Waals surface area contributed by atoms with Gasteiger partial charge in [-0.15, -0.1) is 0 Å². The number of nitrogens with one attached hydrogen (secondary N) is 1. The van der Waals surface area contributed by atoms with E-state index in [2.05, 4.69) is 20.9 Å². The molecule has 1 aliphatic carbocycles. The average Bonchev–Trinajstić information content (AvgIpc) is 2.83. The van der Waals surface area contributed by atoms with Crippen molar-refractivity contribution in [1.29, 1.82) is 0 Å². The molecule has 1 aromatic carbocycles. The van der Waals surface area contributed by atoms with E-state index in [4.69, 9.17) is 0 Å². The molecule has 24 heavy (non-hydrogen) atoms. The second-order valence-electron chi connectivity index (χ2n) is 6.82. The van der Waals surface area contributed by atoms with Crippen molar-refractivity contribution < 1.29 is 14.3 Å². The van der Waals surface area contributed by atoms with Gasteiger partial charge in [0.25, 0.3) is 0 Å². The number of aliphatic hydroxyl groups is 1. The zero-order valence-corrected chi connectivity index (χ0v) is 14.2. The van der Waals surface area contributed by atoms with Crippen molar-refractivity contribution in [1.82, 2.24) is 9.55 Å². The number of fused-ring (bicyclic) bond motifs is 1. The number of carbonyl (C=O) groups is 1. The van der Waals surface area contributed by atoms with Gasteiger partial charge in [0, 0.05) is 6.04 Å². The highest BCUT2D eigenvalue weighted by Gasteiger charge is 2.30. The summed E-state index contributed by atoms with van der Waals surface area (Å²) in [5, 5.41) is 12.8. The number of nitrogens with zero attached hydrogens (tertiary/aromatic N) is 2. The molecule has 1 amide bonds. The SMILES string of the molecule is CCC(O)(CF)CC(=O)Nc1nc2ccc(C)cc2n1C1CCC1. The van der Waals surface area contributed by atoms with Crippen LogP contribution in [-0.2, 0) is 4.79 Å². The third-order valence-corrected chi connectivity index (χ3v) is 4.93. The second-order valence-corrected chi connectivity index (χ2v) is 6.82. The Balaban J connectivity index is 1.90. The smallest absolute Gasteiger partial charge is 0.229 e. The number of hydrogen-bond acceptors (Lipinski definition) is 3. The Morgan fingerprint density at radius 3 is 2.83 bits per heavy atom. The lowest BCUT2D eigenvalue weighted by Gasteiger charge is -2.29. The molecular formula is C18H24FN3O2. The highest BCUT2D eigenvalue weighted by Crippen LogP contribution is 2.37. The van der Waals surface area contributed by atoms with Crippen LogP contribution in [0.4, 0.5) is 10.3 Å². The predicted octanol–water partition coefficient (Wildman–Crippen LogP) is 3.51. The van der Waals surface area contributed by atoms with Gasteiger partial charge in [-0.2, -0.15) is 0 Å². The second kappa shape index (κ2) is 6.51. The first-order chi connectivity index (χ1) is 11.5. The molecule has 0 aliphatic heterocycles. The van der Waals surface area contributed by atoms with E-state index in [1.807, 2.05) is 19.1 Å². The van der Waals surface area contributed by atoms with E-state index >= 15 is 0 Å². The van der Waals surface area contributed by atoms with E-state index in [0.717, 1.165) is 29.4 Å². The lowest BCUT2D eigenvalue weighted by Crippen LogP contribution is -2.36. The van der Waals surface area contributed by atoms with Crippen molar-refractivity contribution in [3.05, 3.63) is 23.8 Å². The lowest BCUT2D eigenvalue weighted by atomic mass is 9.92. The standard InChI is InChI=1S/C18H24FN3O2/c1-3-18(24,11-19)10-16(23)21-17-20-14-8-7-12(2)9-15(14)22(17)13-5-4-6-13/h7-9,13,24H,3-6,10-11H2,1-2H3,(H,20,21,23). The Bertz CT molecular complexity index is 748. The monoisotopic (exact) mass is 333 g/mol. The van der Waals surface area contributed by atoms with Crippen molar-refractivity contribution in [2.45, 2.75) is 57.6 Å². The van der Waals surface area contributed by atoms with Gasteiger partial charge in [0.15, 0.2) is 0 Å². The van der Waals surface area contributed by atoms with Crippen molar-refractivity contribution in [3.63, 3.8) is 0 Å². The van der Waals surface area contributed by atoms with Gasteiger partial charge in [0.1, 0.15) is 12.3 Å². The zero-order valence-electron chi connectivity index (χ0n) is 14.2. The highest BCUT2D eigenvalue weighted by molar-refractivity contribution is 5.92. The molecule has 6 heteroatoms. The minimum absolute atomic E-state index is 0.190. The van der Waals surface area contributed by atoms with Gasteiger partial charge in [-0.1, -0.05) is 13.0 Å². The van der Waals surface area contributed by atoms with Gasteiger partial charge < -0.3 is 9.67 Å². The Kier molecular flexibility index (Phi) is 4.58. The summed E-state index contributed by atoms with van der Waals surface area (Å²) in [6.07, 6.45) is 3.21. The summed E-state index contributed by atoms with van der Waals surface area (Å²) in [6.45, 7) is 2.76. The van der Waals surface area contributed by atoms with Gasteiger partial charge in [-0.25, -0.2) is 9.37 Å². The summed E-state index contributed by atoms with van der Waals surface area (Å²) < 4.78 is 15.0. The van der Waals surface area contributed by atoms with Crippen LogP contribution in [0.15, 0.2) is 18.2 Å². The number of benzene rings is 1. The number of carbonyl (C=O) groups excluding carboxylic acids is 1. The van der Waals surface area contributed by atoms with Crippen LogP contribution < -0.4 is 5.32 Å². The first kappa shape index (κ1) is 16.9. The van der Waals surface area contributed by atoms with E-state index in [0.29, 0.717) is 12.0 Å². The van der Waals surface area contributed by atoms with Crippen LogP contribution in [0.5, 0.6) is 0 Å². The molecule has 1 unspecified atom stereocenters. The number of alkyl halides is 1. The highest BCUT2D eigenvalue weighted by atomic mass is 19.1. The molecule has 1 fully saturated rings. The molecule has 1 saturated carbocycles. The fourth-order valence-corrected chi connectivity index (χ4v) is 3.04. The number of amides is 1. The van der Waals surface area contributed by atoms with Gasteiger partial charge in [0.2, 0.25) is 11.9 Å². The van der Waals surface area contributed by atoms with Crippen LogP contribution in [-0.4, -0.2) is 32.8 Å². The van der Waals surface area contributed by atoms with Gasteiger partial charge in [0.05, 0.1) is 17.5 Å². The van der Waals surface area contributed by atoms with E-state index in [-0.39, 0.29) is 12.8 Å². The lowest BCUT2D eigenvalue weighted by molar-refractivity contribution is -0.122. The molecule has 0 spiro atoms. The summed E-state index contributed by atoms with van der Waals surface area (Å²) in [5.74, 6) is 0.0761. The van der Waals surface area contributed by atoms with Gasteiger partial charge >= 0.3 is 0 Å². The summed E-state index contributed by atoms with van der Waals surface area (Å²) >= 11 is 0. The van der Waals surface area contributed by atoms with E-state index < -0.39 is 18.2 Å². The third kappa shape index (κ3) is 3.15. The molecular weight excluding hydrogens is 309 g/mol. The Morgan fingerprint density at radius 2 is 2.25 bits per heavy atom. The Hall–Kier alpha value is -1.95. The van der Waals surface area contributed by atoms with Crippen molar-refractivity contribution in [2.24, 2.45) is 0 Å². The summed E-state index contributed by atoms with van der Waals surface area (Å²) in [6, 6.07) is 6.34. The number of aryl methyl sites for hydroxylation is 1. The van der Waals surface area contributed by atoms with Crippen LogP contribution >= 0.6 is 0 Å². The minimum Gasteiger partial charge on any atom is -0.387 e. The number of hydrogen-bond donors (Lipinski definition) is 2. The molecule has 2 aromatic rings. The number of anilines is 1. The first-order valence-corrected chi connectivity index (χ1v) is 8.52. The number of halogens is 1. The Morgan fingerprint density at radius 1 is 1.50 bits per heavy atom. The van der Waals surface area contributed by atoms with Crippen LogP contribution in [0.3, 0.4) is 0 Å². The van der Waals surface area contributed by atoms with Crippen molar-refractivity contribution >= 4 is 22.9 Å². The molecule has 5 nitrogen and oxygen atoms in total. The largest absolute Gasteiger partial charge is 0.387 e. The van der Waals surface area contributed by atoms with Gasteiger partial charge in [-0.3, -0.25) is 10.1 Å². The predicted molar refractivity (Wildman–Crippen MR) is 91.8 cm³/mol. The van der Waals surface area contributed by atoms with Crippen LogP contribution in [0.1, 0.15) is 50.6 Å². The molecule has 1 aliphatic rings. The molecule has 0 bridgehead atoms. The molecule has 1 heterocycles. The minimum atomic E-state index is -1.60. The molecule has 1 aromatic heterocycles. The van der Waals surface area contributed by atoms with Crippen molar-refractivity contribution in [3.8, 4) is 0 Å². The van der Waals surface area contributed by atoms with E-state index in [9.17, 15) is 14.3 Å². The molecule has 0 radical (unpaired) electrons. The average molecular weight is 333 g/mol. The van der Waals surface area contributed by atoms with Crippen LogP contribution in [0.25, 0.3) is 11.0 Å². The summed E-state index contributed by atoms with van der Waals surface area (Å²) in [5.41, 5.74) is 1.37. The van der Waals surface area contributed by atoms with Crippen LogP contribution in [0.2, 0.25) is 0 Å². The van der Waals surface area contributed by atoms with E-state index in [1.165, 1.54) is 6.42 Å². The van der Waals surface area contributed by atoms with E-state index in [1.54, 1.807) is 6.92 Å². The van der Waals surface area contributed by atoms with Gasteiger partial charge in [-0.05, 0) is 50.3 Å². The summed E-state index contributed by atoms with van der Waals surface area (Å²) in [7, 11) is 0. The first-order valence-electron chi connectivity index (χ1n) is 8.52. The normalized spacial score (nSPS) is 17.5. The zero-order chi connectivity index (χ0) is 17.3. The molecule has 2 N–H and O–H groups in total. The fraction of sp³-hybridized carbons (Fsp3) is 0.556. The Labute approximate surface area is 140 Å². The number of aromatic nitrogens is 2. The number of rotatable bonds is 6. The summed E-state index contributed by atoms with van der Waals surface area (Å²) in [4.78, 5) is 16.8. The van der Waals surface area contributed by atoms with Crippen molar-refractivity contribution in [2.75, 3.05) is 12.0 Å². The maximum Gasteiger partial charge on any atom is 0.229 e. The molecule has 0 saturated heterocycles. The maximum absolute atomic E-state index is 13.0. The maximum atomic E-state index is 13.0. The molecule has 1 atom stereocenters. The molecule has 130 valence electrons.